The molecule has 1 aliphatic carbocycles. The second-order valence-electron chi connectivity index (χ2n) is 7.78. The Morgan fingerprint density at radius 1 is 1.40 bits per heavy atom. The van der Waals surface area contributed by atoms with Gasteiger partial charge in [0.25, 0.3) is 0 Å². The smallest absolute Gasteiger partial charge is 0.168 e. The van der Waals surface area contributed by atoms with Crippen molar-refractivity contribution < 1.29 is 24.9 Å². The summed E-state index contributed by atoms with van der Waals surface area (Å²) in [5.74, 6) is -0.258. The molecule has 0 aromatic heterocycles. The number of carbonyl (C=O) groups is 1. The molecule has 0 aromatic carbocycles. The van der Waals surface area contributed by atoms with Gasteiger partial charge in [-0.1, -0.05) is 20.8 Å². The molecule has 25 heavy (non-hydrogen) atoms. The first-order chi connectivity index (χ1) is 11.6. The summed E-state index contributed by atoms with van der Waals surface area (Å²) in [5.41, 5.74) is 0.194. The maximum atomic E-state index is 12.5. The van der Waals surface area contributed by atoms with Crippen LogP contribution < -0.4 is 0 Å². The molecule has 2 unspecified atom stereocenters. The minimum atomic E-state index is -0.835. The molecule has 6 nitrogen and oxygen atoms in total. The van der Waals surface area contributed by atoms with Crippen LogP contribution in [0.2, 0.25) is 0 Å². The number of allylic oxidation sites excluding steroid dienone is 2. The lowest BCUT2D eigenvalue weighted by Crippen LogP contribution is -2.52. The van der Waals surface area contributed by atoms with Crippen LogP contribution in [0, 0.1) is 11.3 Å². The van der Waals surface area contributed by atoms with E-state index in [9.17, 15) is 20.1 Å². The molecule has 0 spiro atoms. The van der Waals surface area contributed by atoms with E-state index in [1.165, 1.54) is 11.8 Å². The zero-order chi connectivity index (χ0) is 18.9. The molecular formula is C18H29NO5S. The molecular weight excluding hydrogens is 342 g/mol. The largest absolute Gasteiger partial charge is 0.511 e. The Labute approximate surface area is 153 Å². The lowest BCUT2D eigenvalue weighted by molar-refractivity contribution is -0.137. The first kappa shape index (κ1) is 20.4. The van der Waals surface area contributed by atoms with Gasteiger partial charge in [-0.25, -0.2) is 0 Å². The third-order valence-corrected chi connectivity index (χ3v) is 5.87. The quantitative estimate of drug-likeness (QED) is 0.655. The molecule has 5 atom stereocenters. The average Bonchev–Trinajstić information content (AvgIpc) is 2.50. The lowest BCUT2D eigenvalue weighted by atomic mass is 9.75. The summed E-state index contributed by atoms with van der Waals surface area (Å²) >= 11 is 1.45. The molecule has 2 aliphatic rings. The monoisotopic (exact) mass is 371 g/mol. The predicted molar refractivity (Wildman–Crippen MR) is 99.0 cm³/mol. The third kappa shape index (κ3) is 4.27. The van der Waals surface area contributed by atoms with Gasteiger partial charge in [0.05, 0.1) is 24.3 Å². The summed E-state index contributed by atoms with van der Waals surface area (Å²) in [4.78, 5) is 17.1. The van der Waals surface area contributed by atoms with Crippen molar-refractivity contribution in [3.8, 4) is 0 Å². The number of hydrogen-bond donors (Lipinski definition) is 3. The summed E-state index contributed by atoms with van der Waals surface area (Å²) in [6.07, 6.45) is 1.23. The number of aliphatic imine (C=N–C) groups is 1. The standard InChI is InChI=1S/C18H29NO5S/c1-9-15(17(25-5)24-13(8-20)16(9)23)19-10(2)14-11(21)6-18(3,4)7-12(14)22/h9,13,15-17,20-21,23H,6-8H2,1-5H3/t9-,13?,15-,16-,17?/m1/s1. The second kappa shape index (κ2) is 7.78. The second-order valence-corrected chi connectivity index (χ2v) is 8.71. The van der Waals surface area contributed by atoms with E-state index in [-0.39, 0.29) is 41.0 Å². The van der Waals surface area contributed by atoms with Crippen LogP contribution in [-0.4, -0.2) is 63.4 Å². The first-order valence-corrected chi connectivity index (χ1v) is 9.87. The number of Topliss-reactive ketones (excluding diaryl/α,β-unsaturated/α-hetero) is 1. The van der Waals surface area contributed by atoms with Crippen LogP contribution in [0.4, 0.5) is 0 Å². The van der Waals surface area contributed by atoms with Gasteiger partial charge in [0.2, 0.25) is 0 Å². The summed E-state index contributed by atoms with van der Waals surface area (Å²) in [6.45, 7) is 7.24. The number of thioether (sulfide) groups is 1. The van der Waals surface area contributed by atoms with Crippen molar-refractivity contribution in [2.75, 3.05) is 12.9 Å². The number of hydrogen-bond acceptors (Lipinski definition) is 7. The Bertz CT molecular complexity index is 584. The average molecular weight is 371 g/mol. The van der Waals surface area contributed by atoms with Crippen LogP contribution in [0.25, 0.3) is 0 Å². The van der Waals surface area contributed by atoms with E-state index in [1.807, 2.05) is 27.0 Å². The summed E-state index contributed by atoms with van der Waals surface area (Å²) < 4.78 is 5.75. The van der Waals surface area contributed by atoms with Crippen LogP contribution in [0.1, 0.15) is 40.5 Å². The Kier molecular flexibility index (Phi) is 6.35. The molecule has 142 valence electrons. The molecule has 0 amide bonds. The Balaban J connectivity index is 2.32. The highest BCUT2D eigenvalue weighted by molar-refractivity contribution is 7.99. The van der Waals surface area contributed by atoms with Crippen molar-refractivity contribution in [1.82, 2.24) is 0 Å². The van der Waals surface area contributed by atoms with E-state index < -0.39 is 12.2 Å². The van der Waals surface area contributed by atoms with Crippen LogP contribution >= 0.6 is 11.8 Å². The van der Waals surface area contributed by atoms with Gasteiger partial charge in [0.15, 0.2) is 5.78 Å². The fourth-order valence-electron chi connectivity index (χ4n) is 3.63. The van der Waals surface area contributed by atoms with E-state index >= 15 is 0 Å². The van der Waals surface area contributed by atoms with Crippen molar-refractivity contribution in [2.45, 2.75) is 64.2 Å². The minimum absolute atomic E-state index is 0.0846. The summed E-state index contributed by atoms with van der Waals surface area (Å²) in [5, 5.41) is 30.0. The van der Waals surface area contributed by atoms with Crippen LogP contribution in [-0.2, 0) is 9.53 Å². The number of rotatable bonds is 4. The maximum Gasteiger partial charge on any atom is 0.168 e. The number of aliphatic hydroxyl groups excluding tert-OH is 3. The molecule has 1 saturated heterocycles. The van der Waals surface area contributed by atoms with Crippen molar-refractivity contribution >= 4 is 23.3 Å². The van der Waals surface area contributed by atoms with E-state index in [0.29, 0.717) is 24.1 Å². The normalized spacial score (nSPS) is 36.7. The lowest BCUT2D eigenvalue weighted by Gasteiger charge is -2.41. The van der Waals surface area contributed by atoms with Crippen LogP contribution in [0.15, 0.2) is 16.3 Å². The van der Waals surface area contributed by atoms with E-state index in [2.05, 4.69) is 4.99 Å². The van der Waals surface area contributed by atoms with Gasteiger partial charge >= 0.3 is 0 Å². The van der Waals surface area contributed by atoms with Gasteiger partial charge in [-0.3, -0.25) is 9.79 Å². The zero-order valence-corrected chi connectivity index (χ0v) is 16.3. The van der Waals surface area contributed by atoms with E-state index in [0.717, 1.165) is 0 Å². The van der Waals surface area contributed by atoms with Gasteiger partial charge in [0, 0.05) is 24.5 Å². The molecule has 0 saturated carbocycles. The van der Waals surface area contributed by atoms with E-state index in [1.54, 1.807) is 6.92 Å². The van der Waals surface area contributed by atoms with Crippen molar-refractivity contribution in [3.05, 3.63) is 11.3 Å². The zero-order valence-electron chi connectivity index (χ0n) is 15.5. The Morgan fingerprint density at radius 3 is 2.56 bits per heavy atom. The van der Waals surface area contributed by atoms with Crippen molar-refractivity contribution in [2.24, 2.45) is 16.3 Å². The molecule has 0 aromatic rings. The highest BCUT2D eigenvalue weighted by atomic mass is 32.2. The van der Waals surface area contributed by atoms with Crippen LogP contribution in [0.5, 0.6) is 0 Å². The Morgan fingerprint density at radius 2 is 2.04 bits per heavy atom. The molecule has 2 rings (SSSR count). The minimum Gasteiger partial charge on any atom is -0.511 e. The number of carbonyl (C=O) groups excluding carboxylic acids is 1. The van der Waals surface area contributed by atoms with Crippen molar-refractivity contribution in [3.63, 3.8) is 0 Å². The fourth-order valence-corrected chi connectivity index (χ4v) is 4.47. The highest BCUT2D eigenvalue weighted by Gasteiger charge is 2.43. The molecule has 1 fully saturated rings. The number of nitrogens with zero attached hydrogens (tertiary/aromatic N) is 1. The molecule has 1 heterocycles. The third-order valence-electron chi connectivity index (χ3n) is 5.02. The Hall–Kier alpha value is -0.890. The molecule has 7 heteroatoms. The fraction of sp³-hybridized carbons (Fsp3) is 0.778. The van der Waals surface area contributed by atoms with Gasteiger partial charge in [0.1, 0.15) is 17.3 Å². The van der Waals surface area contributed by atoms with Gasteiger partial charge in [-0.15, -0.1) is 11.8 Å². The SMILES string of the molecule is CSC1OC(CO)[C@H](O)[C@H](C)[C@H]1N=C(C)C1=C(O)CC(C)(C)CC1=O. The van der Waals surface area contributed by atoms with Gasteiger partial charge in [-0.2, -0.15) is 0 Å². The highest BCUT2D eigenvalue weighted by Crippen LogP contribution is 2.37. The number of aliphatic hydroxyl groups is 3. The summed E-state index contributed by atoms with van der Waals surface area (Å²) in [6, 6.07) is -0.365. The molecule has 0 radical (unpaired) electrons. The topological polar surface area (TPSA) is 99.3 Å². The van der Waals surface area contributed by atoms with Gasteiger partial charge < -0.3 is 20.1 Å². The molecule has 0 bridgehead atoms. The van der Waals surface area contributed by atoms with Gasteiger partial charge in [-0.05, 0) is 18.6 Å². The maximum absolute atomic E-state index is 12.5. The molecule has 1 aliphatic heterocycles. The van der Waals surface area contributed by atoms with E-state index in [4.69, 9.17) is 4.74 Å². The first-order valence-electron chi connectivity index (χ1n) is 8.58. The summed E-state index contributed by atoms with van der Waals surface area (Å²) in [7, 11) is 0. The predicted octanol–water partition coefficient (Wildman–Crippen LogP) is 2.09. The molecule has 3 N–H and O–H groups in total. The van der Waals surface area contributed by atoms with Crippen molar-refractivity contribution in [1.29, 1.82) is 0 Å². The van der Waals surface area contributed by atoms with Crippen LogP contribution in [0.3, 0.4) is 0 Å². The number of ketones is 1. The number of ether oxygens (including phenoxy) is 1.